The number of cyclic esters (lactones) is 1. The van der Waals surface area contributed by atoms with E-state index in [1.807, 2.05) is 0 Å². The molecule has 1 aliphatic rings. The van der Waals surface area contributed by atoms with Gasteiger partial charge in [0.2, 0.25) is 0 Å². The fraction of sp³-hybridized carbons (Fsp3) is 0.364. The van der Waals surface area contributed by atoms with Gasteiger partial charge in [0, 0.05) is 0 Å². The van der Waals surface area contributed by atoms with Crippen LogP contribution in [-0.4, -0.2) is 35.1 Å². The number of hydrogen-bond acceptors (Lipinski definition) is 4. The number of carbonyl (C=O) groups excluding carboxylic acids is 1. The zero-order chi connectivity index (χ0) is 11.8. The highest BCUT2D eigenvalue weighted by molar-refractivity contribution is 5.91. The van der Waals surface area contributed by atoms with E-state index in [2.05, 4.69) is 0 Å². The molecule has 5 heteroatoms. The number of amides is 1. The molecule has 1 heterocycles. The summed E-state index contributed by atoms with van der Waals surface area (Å²) in [6.45, 7) is 1.62. The van der Waals surface area contributed by atoms with Gasteiger partial charge in [-0.05, 0) is 19.1 Å². The lowest BCUT2D eigenvalue weighted by molar-refractivity contribution is 0.0219. The van der Waals surface area contributed by atoms with Crippen molar-refractivity contribution in [3.63, 3.8) is 0 Å². The van der Waals surface area contributed by atoms with Crippen LogP contribution in [0.4, 0.5) is 10.5 Å². The number of carbonyl (C=O) groups is 1. The summed E-state index contributed by atoms with van der Waals surface area (Å²) >= 11 is 0. The van der Waals surface area contributed by atoms with Gasteiger partial charge in [0.05, 0.1) is 18.8 Å². The molecule has 0 saturated carbocycles. The Bertz CT molecular complexity index is 420. The summed E-state index contributed by atoms with van der Waals surface area (Å²) in [4.78, 5) is 12.9. The van der Waals surface area contributed by atoms with Crippen LogP contribution >= 0.6 is 0 Å². The maximum absolute atomic E-state index is 11.6. The van der Waals surface area contributed by atoms with Gasteiger partial charge >= 0.3 is 6.09 Å². The number of anilines is 1. The number of nitrogens with zero attached hydrogens (tertiary/aromatic N) is 1. The van der Waals surface area contributed by atoms with Crippen molar-refractivity contribution in [2.24, 2.45) is 0 Å². The third-order valence-electron chi connectivity index (χ3n) is 2.55. The molecule has 2 rings (SSSR count). The molecule has 1 atom stereocenters. The average Bonchev–Trinajstić information content (AvgIpc) is 2.56. The number of hydrogen-bond donors (Lipinski definition) is 2. The van der Waals surface area contributed by atoms with Gasteiger partial charge in [-0.15, -0.1) is 0 Å². The first-order valence-corrected chi connectivity index (χ1v) is 4.95. The Morgan fingerprint density at radius 2 is 2.19 bits per heavy atom. The quantitative estimate of drug-likeness (QED) is 0.787. The van der Waals surface area contributed by atoms with Gasteiger partial charge in [0.1, 0.15) is 5.75 Å². The minimum absolute atomic E-state index is 0.0154. The molecule has 1 amide bonds. The molecule has 0 aliphatic carbocycles. The SMILES string of the molecule is CC1(CO)CN(c2ccccc2O)C(=O)O1. The lowest BCUT2D eigenvalue weighted by Gasteiger charge is -2.18. The van der Waals surface area contributed by atoms with Crippen LogP contribution in [0.5, 0.6) is 5.75 Å². The summed E-state index contributed by atoms with van der Waals surface area (Å²) in [6.07, 6.45) is -0.557. The largest absolute Gasteiger partial charge is 0.506 e. The molecule has 86 valence electrons. The van der Waals surface area contributed by atoms with Crippen LogP contribution < -0.4 is 4.90 Å². The fourth-order valence-electron chi connectivity index (χ4n) is 1.66. The lowest BCUT2D eigenvalue weighted by Crippen LogP contribution is -2.34. The Balaban J connectivity index is 2.31. The van der Waals surface area contributed by atoms with Gasteiger partial charge in [-0.3, -0.25) is 4.90 Å². The number of benzene rings is 1. The highest BCUT2D eigenvalue weighted by Gasteiger charge is 2.42. The Kier molecular flexibility index (Phi) is 2.47. The molecule has 1 fully saturated rings. The average molecular weight is 223 g/mol. The second-order valence-electron chi connectivity index (χ2n) is 4.05. The van der Waals surface area contributed by atoms with Crippen LogP contribution in [0.3, 0.4) is 0 Å². The fourth-order valence-corrected chi connectivity index (χ4v) is 1.66. The summed E-state index contributed by atoms with van der Waals surface area (Å²) in [5.41, 5.74) is -0.510. The van der Waals surface area contributed by atoms with Crippen molar-refractivity contribution in [1.29, 1.82) is 0 Å². The number of ether oxygens (including phenoxy) is 1. The number of aliphatic hydroxyl groups excluding tert-OH is 1. The van der Waals surface area contributed by atoms with Crippen molar-refractivity contribution in [1.82, 2.24) is 0 Å². The molecule has 0 aromatic heterocycles. The number of para-hydroxylation sites is 2. The van der Waals surface area contributed by atoms with E-state index < -0.39 is 11.7 Å². The Morgan fingerprint density at radius 1 is 1.50 bits per heavy atom. The van der Waals surface area contributed by atoms with Gasteiger partial charge in [-0.1, -0.05) is 12.1 Å². The highest BCUT2D eigenvalue weighted by Crippen LogP contribution is 2.33. The first kappa shape index (κ1) is 10.8. The molecule has 0 radical (unpaired) electrons. The van der Waals surface area contributed by atoms with E-state index in [-0.39, 0.29) is 18.9 Å². The lowest BCUT2D eigenvalue weighted by atomic mass is 10.1. The van der Waals surface area contributed by atoms with Crippen LogP contribution in [0.25, 0.3) is 0 Å². The summed E-state index contributed by atoms with van der Waals surface area (Å²) < 4.78 is 5.05. The van der Waals surface area contributed by atoms with Crippen LogP contribution in [0.15, 0.2) is 24.3 Å². The van der Waals surface area contributed by atoms with Gasteiger partial charge in [0.15, 0.2) is 5.60 Å². The van der Waals surface area contributed by atoms with Gasteiger partial charge in [0.25, 0.3) is 0 Å². The molecular formula is C11H13NO4. The molecule has 1 aromatic rings. The van der Waals surface area contributed by atoms with E-state index in [0.29, 0.717) is 5.69 Å². The van der Waals surface area contributed by atoms with Crippen LogP contribution in [0.1, 0.15) is 6.92 Å². The molecule has 16 heavy (non-hydrogen) atoms. The zero-order valence-electron chi connectivity index (χ0n) is 8.88. The van der Waals surface area contributed by atoms with Crippen LogP contribution in [-0.2, 0) is 4.74 Å². The van der Waals surface area contributed by atoms with Crippen molar-refractivity contribution in [3.05, 3.63) is 24.3 Å². The Hall–Kier alpha value is -1.75. The van der Waals surface area contributed by atoms with Crippen LogP contribution in [0, 0.1) is 0 Å². The normalized spacial score (nSPS) is 24.6. The number of rotatable bonds is 2. The van der Waals surface area contributed by atoms with E-state index in [9.17, 15) is 9.90 Å². The number of aromatic hydroxyl groups is 1. The van der Waals surface area contributed by atoms with Crippen LogP contribution in [0.2, 0.25) is 0 Å². The second-order valence-corrected chi connectivity index (χ2v) is 4.05. The van der Waals surface area contributed by atoms with E-state index in [0.717, 1.165) is 0 Å². The van der Waals surface area contributed by atoms with Crippen molar-refractivity contribution >= 4 is 11.8 Å². The number of aliphatic hydroxyl groups is 1. The van der Waals surface area contributed by atoms with Gasteiger partial charge < -0.3 is 14.9 Å². The molecule has 1 aliphatic heterocycles. The minimum atomic E-state index is -0.903. The molecule has 0 bridgehead atoms. The molecular weight excluding hydrogens is 210 g/mol. The predicted octanol–water partition coefficient (Wildman–Crippen LogP) is 1.10. The van der Waals surface area contributed by atoms with E-state index in [1.54, 1.807) is 25.1 Å². The summed E-state index contributed by atoms with van der Waals surface area (Å²) in [7, 11) is 0. The molecule has 0 spiro atoms. The van der Waals surface area contributed by atoms with Crippen molar-refractivity contribution < 1.29 is 19.7 Å². The first-order valence-electron chi connectivity index (χ1n) is 4.95. The van der Waals surface area contributed by atoms with E-state index in [1.165, 1.54) is 11.0 Å². The number of phenolic OH excluding ortho intramolecular Hbond substituents is 1. The maximum Gasteiger partial charge on any atom is 0.415 e. The predicted molar refractivity (Wildman–Crippen MR) is 57.4 cm³/mol. The molecule has 2 N–H and O–H groups in total. The summed E-state index contributed by atoms with van der Waals surface area (Å²) in [6, 6.07) is 6.51. The Morgan fingerprint density at radius 3 is 2.75 bits per heavy atom. The van der Waals surface area contributed by atoms with Gasteiger partial charge in [-0.2, -0.15) is 0 Å². The van der Waals surface area contributed by atoms with E-state index in [4.69, 9.17) is 9.84 Å². The zero-order valence-corrected chi connectivity index (χ0v) is 8.88. The molecule has 1 aromatic carbocycles. The smallest absolute Gasteiger partial charge is 0.415 e. The molecule has 5 nitrogen and oxygen atoms in total. The van der Waals surface area contributed by atoms with Gasteiger partial charge in [-0.25, -0.2) is 4.79 Å². The molecule has 1 unspecified atom stereocenters. The minimum Gasteiger partial charge on any atom is -0.506 e. The monoisotopic (exact) mass is 223 g/mol. The topological polar surface area (TPSA) is 70.0 Å². The van der Waals surface area contributed by atoms with Crippen molar-refractivity contribution in [3.8, 4) is 5.75 Å². The standard InChI is InChI=1S/C11H13NO4/c1-11(7-13)6-12(10(15)16-11)8-4-2-3-5-9(8)14/h2-5,13-14H,6-7H2,1H3. The summed E-state index contributed by atoms with van der Waals surface area (Å²) in [5.74, 6) is 0.0154. The maximum atomic E-state index is 11.6. The Labute approximate surface area is 92.9 Å². The van der Waals surface area contributed by atoms with Crippen molar-refractivity contribution in [2.75, 3.05) is 18.1 Å². The number of phenols is 1. The first-order chi connectivity index (χ1) is 7.56. The summed E-state index contributed by atoms with van der Waals surface area (Å²) in [5, 5.41) is 18.7. The third kappa shape index (κ3) is 1.69. The van der Waals surface area contributed by atoms with E-state index >= 15 is 0 Å². The third-order valence-corrected chi connectivity index (χ3v) is 2.55. The molecule has 1 saturated heterocycles. The van der Waals surface area contributed by atoms with Crippen molar-refractivity contribution in [2.45, 2.75) is 12.5 Å². The second kappa shape index (κ2) is 3.68. The highest BCUT2D eigenvalue weighted by atomic mass is 16.6.